The number of aromatic nitrogens is 4. The van der Waals surface area contributed by atoms with E-state index in [-0.39, 0.29) is 11.4 Å². The number of carbonyl (C=O) groups excluding carboxylic acids is 2. The number of hydrogen-bond acceptors (Lipinski definition) is 6. The molecule has 156 valence electrons. The van der Waals surface area contributed by atoms with Gasteiger partial charge in [0.05, 0.1) is 17.1 Å². The van der Waals surface area contributed by atoms with Crippen LogP contribution in [0.1, 0.15) is 36.7 Å². The summed E-state index contributed by atoms with van der Waals surface area (Å²) in [5.41, 5.74) is 1.44. The number of rotatable bonds is 4. The molecule has 0 spiro atoms. The lowest BCUT2D eigenvalue weighted by Gasteiger charge is -2.20. The maximum absolute atomic E-state index is 13.8. The highest BCUT2D eigenvalue weighted by atomic mass is 19.1. The van der Waals surface area contributed by atoms with E-state index in [1.807, 2.05) is 6.92 Å². The van der Waals surface area contributed by atoms with Crippen LogP contribution in [0.25, 0.3) is 5.69 Å². The summed E-state index contributed by atoms with van der Waals surface area (Å²) in [6.07, 6.45) is 0.731. The van der Waals surface area contributed by atoms with Crippen molar-refractivity contribution in [2.45, 2.75) is 33.3 Å². The van der Waals surface area contributed by atoms with Crippen molar-refractivity contribution in [2.24, 2.45) is 0 Å². The Bertz CT molecular complexity index is 1080. The molecule has 0 saturated heterocycles. The zero-order chi connectivity index (χ0) is 21.9. The number of benzene rings is 2. The highest BCUT2D eigenvalue weighted by Gasteiger charge is 2.18. The summed E-state index contributed by atoms with van der Waals surface area (Å²) in [5, 5.41) is 16.1. The molecule has 0 aliphatic rings. The van der Waals surface area contributed by atoms with Crippen LogP contribution in [0.3, 0.4) is 0 Å². The van der Waals surface area contributed by atoms with Crippen LogP contribution in [-0.2, 0) is 4.74 Å². The number of tetrazole rings is 1. The van der Waals surface area contributed by atoms with Crippen molar-refractivity contribution in [3.05, 3.63) is 59.7 Å². The Morgan fingerprint density at radius 3 is 2.47 bits per heavy atom. The van der Waals surface area contributed by atoms with Crippen LogP contribution in [0.5, 0.6) is 0 Å². The topological polar surface area (TPSA) is 111 Å². The summed E-state index contributed by atoms with van der Waals surface area (Å²) >= 11 is 0. The van der Waals surface area contributed by atoms with Gasteiger partial charge in [-0.1, -0.05) is 0 Å². The second-order valence-electron chi connectivity index (χ2n) is 7.53. The summed E-state index contributed by atoms with van der Waals surface area (Å²) in [6.45, 7) is 6.98. The van der Waals surface area contributed by atoms with Gasteiger partial charge in [0.15, 0.2) is 0 Å². The number of ether oxygens (including phenoxy) is 1. The first-order valence-electron chi connectivity index (χ1n) is 9.07. The van der Waals surface area contributed by atoms with Gasteiger partial charge in [-0.2, -0.15) is 0 Å². The molecule has 0 unspecified atom stereocenters. The lowest BCUT2D eigenvalue weighted by atomic mass is 10.1. The van der Waals surface area contributed by atoms with Crippen molar-refractivity contribution in [3.8, 4) is 5.69 Å². The minimum Gasteiger partial charge on any atom is -0.444 e. The van der Waals surface area contributed by atoms with Crippen LogP contribution >= 0.6 is 0 Å². The van der Waals surface area contributed by atoms with Crippen molar-refractivity contribution < 1.29 is 18.7 Å². The molecule has 2 N–H and O–H groups in total. The number of hydrogen-bond donors (Lipinski definition) is 2. The van der Waals surface area contributed by atoms with Gasteiger partial charge in [0, 0.05) is 5.56 Å². The molecule has 1 heterocycles. The second-order valence-corrected chi connectivity index (χ2v) is 7.53. The average molecular weight is 412 g/mol. The van der Waals surface area contributed by atoms with E-state index in [0.717, 1.165) is 17.3 Å². The third-order valence-electron chi connectivity index (χ3n) is 3.92. The molecule has 30 heavy (non-hydrogen) atoms. The predicted molar refractivity (Wildman–Crippen MR) is 108 cm³/mol. The normalized spacial score (nSPS) is 11.1. The van der Waals surface area contributed by atoms with Gasteiger partial charge in [-0.3, -0.25) is 10.1 Å². The van der Waals surface area contributed by atoms with Gasteiger partial charge < -0.3 is 10.1 Å². The van der Waals surface area contributed by atoms with E-state index in [1.54, 1.807) is 39.0 Å². The summed E-state index contributed by atoms with van der Waals surface area (Å²) in [6, 6.07) is 8.60. The van der Waals surface area contributed by atoms with Crippen LogP contribution in [0.15, 0.2) is 42.7 Å². The Morgan fingerprint density at radius 1 is 1.07 bits per heavy atom. The molecule has 2 amide bonds. The number of amides is 2. The van der Waals surface area contributed by atoms with Gasteiger partial charge in [-0.15, -0.1) is 5.10 Å². The Hall–Kier alpha value is -3.82. The molecule has 1 aromatic heterocycles. The van der Waals surface area contributed by atoms with E-state index in [9.17, 15) is 14.0 Å². The Kier molecular flexibility index (Phi) is 5.77. The molecule has 3 aromatic rings. The van der Waals surface area contributed by atoms with E-state index >= 15 is 0 Å². The van der Waals surface area contributed by atoms with Gasteiger partial charge in [0.1, 0.15) is 17.7 Å². The minimum absolute atomic E-state index is 0.105. The molecular weight excluding hydrogens is 391 g/mol. The van der Waals surface area contributed by atoms with E-state index in [2.05, 4.69) is 26.2 Å². The molecule has 10 heteroatoms. The molecule has 3 rings (SSSR count). The molecule has 0 atom stereocenters. The maximum Gasteiger partial charge on any atom is 0.412 e. The van der Waals surface area contributed by atoms with Gasteiger partial charge in [0.2, 0.25) is 0 Å². The lowest BCUT2D eigenvalue weighted by Crippen LogP contribution is -2.27. The van der Waals surface area contributed by atoms with Gasteiger partial charge >= 0.3 is 6.09 Å². The fraction of sp³-hybridized carbons (Fsp3) is 0.250. The predicted octanol–water partition coefficient (Wildman–Crippen LogP) is 3.71. The van der Waals surface area contributed by atoms with Crippen LogP contribution in [0.4, 0.5) is 20.6 Å². The number of nitrogens with one attached hydrogen (secondary N) is 2. The highest BCUT2D eigenvalue weighted by Crippen LogP contribution is 2.25. The second kappa shape index (κ2) is 8.27. The van der Waals surface area contributed by atoms with Crippen molar-refractivity contribution in [2.75, 3.05) is 10.6 Å². The molecule has 0 saturated carbocycles. The zero-order valence-corrected chi connectivity index (χ0v) is 16.9. The molecule has 0 radical (unpaired) electrons. The van der Waals surface area contributed by atoms with Crippen LogP contribution < -0.4 is 10.6 Å². The van der Waals surface area contributed by atoms with E-state index < -0.39 is 23.4 Å². The van der Waals surface area contributed by atoms with Gasteiger partial charge in [-0.25, -0.2) is 13.9 Å². The van der Waals surface area contributed by atoms with Crippen molar-refractivity contribution in [3.63, 3.8) is 0 Å². The first kappa shape index (κ1) is 20.9. The third kappa shape index (κ3) is 5.16. The van der Waals surface area contributed by atoms with Crippen molar-refractivity contribution in [1.29, 1.82) is 0 Å². The smallest absolute Gasteiger partial charge is 0.412 e. The highest BCUT2D eigenvalue weighted by molar-refractivity contribution is 6.07. The zero-order valence-electron chi connectivity index (χ0n) is 16.9. The summed E-state index contributed by atoms with van der Waals surface area (Å²) in [4.78, 5) is 24.8. The summed E-state index contributed by atoms with van der Waals surface area (Å²) in [7, 11) is 0. The monoisotopic (exact) mass is 412 g/mol. The molecule has 0 fully saturated rings. The molecular formula is C20H21FN6O3. The molecule has 0 aliphatic carbocycles. The van der Waals surface area contributed by atoms with Crippen LogP contribution in [-0.4, -0.2) is 37.8 Å². The van der Waals surface area contributed by atoms with Gasteiger partial charge in [-0.05, 0) is 80.1 Å². The van der Waals surface area contributed by atoms with Crippen LogP contribution in [0.2, 0.25) is 0 Å². The molecule has 0 aliphatic heterocycles. The van der Waals surface area contributed by atoms with E-state index in [1.165, 1.54) is 23.1 Å². The quantitative estimate of drug-likeness (QED) is 0.676. The SMILES string of the molecule is Cc1cc(C(=O)Nc2cc(F)ccc2NC(=O)OC(C)(C)C)ccc1-n1cnnn1. The lowest BCUT2D eigenvalue weighted by molar-refractivity contribution is 0.0635. The first-order chi connectivity index (χ1) is 14.1. The summed E-state index contributed by atoms with van der Waals surface area (Å²) < 4.78 is 20.5. The average Bonchev–Trinajstić information content (AvgIpc) is 3.16. The fourth-order valence-electron chi connectivity index (χ4n) is 2.66. The fourth-order valence-corrected chi connectivity index (χ4v) is 2.66. The summed E-state index contributed by atoms with van der Waals surface area (Å²) in [5.74, 6) is -1.04. The van der Waals surface area contributed by atoms with Crippen LogP contribution in [0, 0.1) is 12.7 Å². The number of carbonyl (C=O) groups is 2. The standard InChI is InChI=1S/C20H21FN6O3/c1-12-9-13(5-8-17(12)27-11-22-25-26-27)18(28)23-16-10-14(21)6-7-15(16)24-19(29)30-20(2,3)4/h5-11H,1-4H3,(H,23,28)(H,24,29). The molecule has 0 bridgehead atoms. The largest absolute Gasteiger partial charge is 0.444 e. The minimum atomic E-state index is -0.716. The van der Waals surface area contributed by atoms with Gasteiger partial charge in [0.25, 0.3) is 5.91 Å². The Morgan fingerprint density at radius 2 is 1.83 bits per heavy atom. The van der Waals surface area contributed by atoms with Crippen molar-refractivity contribution in [1.82, 2.24) is 20.2 Å². The molecule has 9 nitrogen and oxygen atoms in total. The number of anilines is 2. The van der Waals surface area contributed by atoms with E-state index in [0.29, 0.717) is 5.56 Å². The number of nitrogens with zero attached hydrogens (tertiary/aromatic N) is 4. The molecule has 2 aromatic carbocycles. The third-order valence-corrected chi connectivity index (χ3v) is 3.92. The van der Waals surface area contributed by atoms with E-state index in [4.69, 9.17) is 4.74 Å². The first-order valence-corrected chi connectivity index (χ1v) is 9.07. The number of halogens is 1. The maximum atomic E-state index is 13.8. The number of aryl methyl sites for hydroxylation is 1. The Balaban J connectivity index is 1.80. The Labute approximate surface area is 172 Å². The van der Waals surface area contributed by atoms with Crippen molar-refractivity contribution >= 4 is 23.4 Å².